The Labute approximate surface area is 225 Å². The van der Waals surface area contributed by atoms with Gasteiger partial charge >= 0.3 is 0 Å². The number of ether oxygens (including phenoxy) is 1. The molecular formula is C26H37N7O6. The van der Waals surface area contributed by atoms with Gasteiger partial charge < -0.3 is 29.9 Å². The number of aromatic nitrogens is 6. The van der Waals surface area contributed by atoms with E-state index in [2.05, 4.69) is 25.8 Å². The van der Waals surface area contributed by atoms with E-state index in [1.165, 1.54) is 9.25 Å². The molecule has 2 aromatic heterocycles. The minimum Gasteiger partial charge on any atom is -0.388 e. The van der Waals surface area contributed by atoms with Crippen LogP contribution in [0.1, 0.15) is 43.2 Å². The van der Waals surface area contributed by atoms with Crippen molar-refractivity contribution in [2.75, 3.05) is 19.8 Å². The van der Waals surface area contributed by atoms with Crippen molar-refractivity contribution in [1.29, 1.82) is 0 Å². The quantitative estimate of drug-likeness (QED) is 0.238. The van der Waals surface area contributed by atoms with Gasteiger partial charge in [0.2, 0.25) is 5.82 Å². The minimum absolute atomic E-state index is 0.00855. The van der Waals surface area contributed by atoms with Gasteiger partial charge in [0.05, 0.1) is 24.2 Å². The number of carbonyl (C=O) groups excluding carboxylic acids is 1. The number of Topliss-reactive ketones (excluding diaryl/α,β-unsaturated/α-hetero) is 1. The molecule has 3 heterocycles. The average molecular weight is 544 g/mol. The van der Waals surface area contributed by atoms with E-state index in [4.69, 9.17) is 4.74 Å². The number of ketones is 1. The molecule has 3 aromatic rings. The highest BCUT2D eigenvalue weighted by Crippen LogP contribution is 2.20. The molecule has 4 atom stereocenters. The summed E-state index contributed by atoms with van der Waals surface area (Å²) in [5.41, 5.74) is 2.25. The number of aliphatic hydroxyl groups is 3. The molecule has 4 N–H and O–H groups in total. The number of nitrogens with one attached hydrogen (secondary N) is 1. The second-order valence-corrected chi connectivity index (χ2v) is 10.3. The lowest BCUT2D eigenvalue weighted by molar-refractivity contribution is -0.128. The highest BCUT2D eigenvalue weighted by atomic mass is 16.5. The second kappa shape index (κ2) is 12.8. The lowest BCUT2D eigenvalue weighted by Gasteiger charge is -2.24. The van der Waals surface area contributed by atoms with E-state index in [0.29, 0.717) is 23.5 Å². The maximum absolute atomic E-state index is 13.5. The number of tetrazole rings is 1. The van der Waals surface area contributed by atoms with Gasteiger partial charge in [0.15, 0.2) is 11.5 Å². The van der Waals surface area contributed by atoms with Crippen molar-refractivity contribution in [2.45, 2.75) is 76.9 Å². The third kappa shape index (κ3) is 6.92. The molecule has 0 spiro atoms. The zero-order valence-corrected chi connectivity index (χ0v) is 22.6. The van der Waals surface area contributed by atoms with Gasteiger partial charge in [-0.25, -0.2) is 9.67 Å². The van der Waals surface area contributed by atoms with Crippen molar-refractivity contribution < 1.29 is 24.9 Å². The summed E-state index contributed by atoms with van der Waals surface area (Å²) < 4.78 is 7.94. The molecule has 0 amide bonds. The van der Waals surface area contributed by atoms with Crippen molar-refractivity contribution in [1.82, 2.24) is 35.1 Å². The van der Waals surface area contributed by atoms with Crippen LogP contribution in [0.25, 0.3) is 22.6 Å². The Morgan fingerprint density at radius 2 is 1.95 bits per heavy atom. The van der Waals surface area contributed by atoms with Gasteiger partial charge in [-0.15, -0.1) is 5.10 Å². The number of fused-ring (bicyclic) bond motifs is 1. The third-order valence-electron chi connectivity index (χ3n) is 7.29. The first kappa shape index (κ1) is 28.9. The van der Waals surface area contributed by atoms with Crippen LogP contribution in [0.3, 0.4) is 0 Å². The van der Waals surface area contributed by atoms with E-state index in [1.54, 1.807) is 13.1 Å². The number of hydrogen-bond acceptors (Lipinski definition) is 11. The molecule has 0 aliphatic carbocycles. The lowest BCUT2D eigenvalue weighted by atomic mass is 9.99. The maximum Gasteiger partial charge on any atom is 0.281 e. The van der Waals surface area contributed by atoms with E-state index >= 15 is 0 Å². The predicted molar refractivity (Wildman–Crippen MR) is 142 cm³/mol. The van der Waals surface area contributed by atoms with E-state index < -0.39 is 23.9 Å². The van der Waals surface area contributed by atoms with Crippen LogP contribution in [0.2, 0.25) is 0 Å². The molecule has 0 saturated carbocycles. The summed E-state index contributed by atoms with van der Waals surface area (Å²) in [6, 6.07) is 3.95. The number of benzene rings is 1. The number of rotatable bonds is 12. The normalized spacial score (nSPS) is 18.3. The zero-order chi connectivity index (χ0) is 28.1. The van der Waals surface area contributed by atoms with E-state index in [-0.39, 0.29) is 37.1 Å². The summed E-state index contributed by atoms with van der Waals surface area (Å²) in [6.45, 7) is 3.93. The van der Waals surface area contributed by atoms with E-state index in [0.717, 1.165) is 43.4 Å². The smallest absolute Gasteiger partial charge is 0.281 e. The average Bonchev–Trinajstić information content (AvgIpc) is 3.35. The molecule has 39 heavy (non-hydrogen) atoms. The van der Waals surface area contributed by atoms with Crippen molar-refractivity contribution in [3.63, 3.8) is 0 Å². The van der Waals surface area contributed by atoms with Gasteiger partial charge in [-0.1, -0.05) is 6.42 Å². The fourth-order valence-corrected chi connectivity index (χ4v) is 4.78. The number of aliphatic hydroxyl groups excluding tert-OH is 3. The van der Waals surface area contributed by atoms with Gasteiger partial charge in [-0.2, -0.15) is 0 Å². The van der Waals surface area contributed by atoms with E-state index in [9.17, 15) is 24.9 Å². The Kier molecular flexibility index (Phi) is 9.51. The monoisotopic (exact) mass is 543 g/mol. The topological polar surface area (TPSA) is 178 Å². The molecule has 4 rings (SSSR count). The van der Waals surface area contributed by atoms with Gasteiger partial charge in [-0.3, -0.25) is 9.59 Å². The molecule has 1 fully saturated rings. The third-order valence-corrected chi connectivity index (χ3v) is 7.29. The van der Waals surface area contributed by atoms with Crippen LogP contribution in [0.4, 0.5) is 0 Å². The summed E-state index contributed by atoms with van der Waals surface area (Å²) >= 11 is 0. The first-order chi connectivity index (χ1) is 18.7. The van der Waals surface area contributed by atoms with Gasteiger partial charge in [0, 0.05) is 19.5 Å². The number of hydrogen-bond donors (Lipinski definition) is 4. The zero-order valence-electron chi connectivity index (χ0n) is 22.6. The summed E-state index contributed by atoms with van der Waals surface area (Å²) in [4.78, 5) is 30.1. The van der Waals surface area contributed by atoms with Gasteiger partial charge in [0.25, 0.3) is 5.56 Å². The predicted octanol–water partition coefficient (Wildman–Crippen LogP) is -0.205. The Morgan fingerprint density at radius 3 is 2.64 bits per heavy atom. The molecule has 0 bridgehead atoms. The van der Waals surface area contributed by atoms with Crippen LogP contribution in [-0.2, 0) is 23.1 Å². The molecule has 1 unspecified atom stereocenters. The van der Waals surface area contributed by atoms with Gasteiger partial charge in [-0.05, 0) is 73.3 Å². The fourth-order valence-electron chi connectivity index (χ4n) is 4.78. The first-order valence-electron chi connectivity index (χ1n) is 13.3. The largest absolute Gasteiger partial charge is 0.388 e. The molecule has 0 radical (unpaired) electrons. The molecule has 1 aliphatic rings. The molecule has 13 nitrogen and oxygen atoms in total. The maximum atomic E-state index is 13.5. The van der Waals surface area contributed by atoms with Crippen LogP contribution < -0.4 is 10.9 Å². The van der Waals surface area contributed by atoms with Crippen LogP contribution in [0.5, 0.6) is 0 Å². The summed E-state index contributed by atoms with van der Waals surface area (Å²) in [7, 11) is 1.58. The summed E-state index contributed by atoms with van der Waals surface area (Å²) in [6.07, 6.45) is -0.128. The van der Waals surface area contributed by atoms with Crippen LogP contribution >= 0.6 is 0 Å². The Hall–Kier alpha value is -3.10. The Balaban J connectivity index is 1.42. The summed E-state index contributed by atoms with van der Waals surface area (Å²) in [5.74, 6) is 0.0668. The van der Waals surface area contributed by atoms with Crippen molar-refractivity contribution >= 4 is 16.8 Å². The Bertz CT molecular complexity index is 1350. The van der Waals surface area contributed by atoms with Crippen LogP contribution in [-0.4, -0.2) is 95.0 Å². The fraction of sp³-hybridized carbons (Fsp3) is 0.615. The van der Waals surface area contributed by atoms with Crippen molar-refractivity contribution in [3.8, 4) is 11.5 Å². The SMILES string of the molecule is Cc1cc2nc(-c3nnnn3C)c(=O)n(C[C@H](O)[C@H](O)[C@H](O)COCC(=O)CCC3CCCCN3)c2cc1C. The molecule has 1 saturated heterocycles. The molecule has 1 aliphatic heterocycles. The molecule has 212 valence electrons. The van der Waals surface area contributed by atoms with Crippen molar-refractivity contribution in [3.05, 3.63) is 33.6 Å². The van der Waals surface area contributed by atoms with Gasteiger partial charge in [0.1, 0.15) is 24.9 Å². The van der Waals surface area contributed by atoms with Crippen molar-refractivity contribution in [2.24, 2.45) is 7.05 Å². The summed E-state index contributed by atoms with van der Waals surface area (Å²) in [5, 5.41) is 46.5. The lowest BCUT2D eigenvalue weighted by Crippen LogP contribution is -2.44. The Morgan fingerprint density at radius 1 is 1.18 bits per heavy atom. The molecule has 13 heteroatoms. The minimum atomic E-state index is -1.63. The highest BCUT2D eigenvalue weighted by Gasteiger charge is 2.28. The number of carbonyl (C=O) groups is 1. The number of piperidine rings is 1. The molecule has 1 aromatic carbocycles. The number of aryl methyl sites for hydroxylation is 3. The first-order valence-corrected chi connectivity index (χ1v) is 13.3. The van der Waals surface area contributed by atoms with Crippen LogP contribution in [0, 0.1) is 13.8 Å². The van der Waals surface area contributed by atoms with E-state index in [1.807, 2.05) is 19.9 Å². The molecular weight excluding hydrogens is 506 g/mol. The standard InChI is InChI=1S/C26H37N7O6/c1-15-10-19-20(11-16(15)2)33(26(38)23(28-19)25-29-30-31-32(25)3)12-21(35)24(37)22(36)14-39-13-18(34)8-7-17-6-4-5-9-27-17/h10-11,17,21-22,24,27,35-37H,4-9,12-14H2,1-3H3/t17?,21-,22+,24-/m0/s1. The number of nitrogens with zero attached hydrogens (tertiary/aromatic N) is 6. The highest BCUT2D eigenvalue weighted by molar-refractivity contribution is 5.80. The second-order valence-electron chi connectivity index (χ2n) is 10.3. The van der Waals surface area contributed by atoms with Crippen LogP contribution in [0.15, 0.2) is 16.9 Å².